The summed E-state index contributed by atoms with van der Waals surface area (Å²) in [7, 11) is 1.57. The molecule has 0 saturated carbocycles. The minimum atomic E-state index is -0.128. The Balaban J connectivity index is 2.40. The highest BCUT2D eigenvalue weighted by atomic mass is 79.9. The lowest BCUT2D eigenvalue weighted by Gasteiger charge is -2.04. The fourth-order valence-electron chi connectivity index (χ4n) is 1.45. The van der Waals surface area contributed by atoms with Gasteiger partial charge in [0.1, 0.15) is 11.4 Å². The van der Waals surface area contributed by atoms with Gasteiger partial charge in [-0.25, -0.2) is 0 Å². The second kappa shape index (κ2) is 5.10. The predicted molar refractivity (Wildman–Crippen MR) is 68.4 cm³/mol. The molecule has 2 rings (SSSR count). The number of hydrogen-bond acceptors (Lipinski definition) is 3. The largest absolute Gasteiger partial charge is 0.497 e. The maximum absolute atomic E-state index is 12.2. The lowest BCUT2D eigenvalue weighted by atomic mass is 10.1. The zero-order chi connectivity index (χ0) is 12.3. The average molecular weight is 292 g/mol. The number of ketones is 1. The Bertz CT molecular complexity index is 555. The van der Waals surface area contributed by atoms with Gasteiger partial charge in [-0.1, -0.05) is 12.1 Å². The van der Waals surface area contributed by atoms with E-state index in [2.05, 4.69) is 20.9 Å². The molecule has 3 nitrogen and oxygen atoms in total. The molecule has 0 spiro atoms. The molecule has 86 valence electrons. The van der Waals surface area contributed by atoms with Crippen molar-refractivity contribution < 1.29 is 9.53 Å². The quantitative estimate of drug-likeness (QED) is 0.816. The Kier molecular flexibility index (Phi) is 3.54. The number of benzene rings is 1. The lowest BCUT2D eigenvalue weighted by molar-refractivity contribution is 0.103. The molecule has 1 aromatic carbocycles. The molecule has 0 bridgehead atoms. The predicted octanol–water partition coefficient (Wildman–Crippen LogP) is 3.08. The first-order chi connectivity index (χ1) is 8.22. The van der Waals surface area contributed by atoms with Crippen molar-refractivity contribution in [3.63, 3.8) is 0 Å². The highest BCUT2D eigenvalue weighted by Gasteiger charge is 2.13. The van der Waals surface area contributed by atoms with E-state index in [0.29, 0.717) is 21.5 Å². The Morgan fingerprint density at radius 2 is 2.12 bits per heavy atom. The number of carbonyl (C=O) groups is 1. The first kappa shape index (κ1) is 11.8. The molecule has 0 unspecified atom stereocenters. The van der Waals surface area contributed by atoms with E-state index in [4.69, 9.17) is 4.74 Å². The van der Waals surface area contributed by atoms with Gasteiger partial charge in [-0.15, -0.1) is 0 Å². The number of ether oxygens (including phenoxy) is 1. The Hall–Kier alpha value is -1.68. The molecule has 4 heteroatoms. The Morgan fingerprint density at radius 3 is 2.82 bits per heavy atom. The van der Waals surface area contributed by atoms with E-state index in [1.54, 1.807) is 49.7 Å². The highest BCUT2D eigenvalue weighted by Crippen LogP contribution is 2.20. The van der Waals surface area contributed by atoms with Crippen molar-refractivity contribution in [2.75, 3.05) is 7.11 Å². The number of hydrogen-bond donors (Lipinski definition) is 0. The van der Waals surface area contributed by atoms with Crippen molar-refractivity contribution in [1.29, 1.82) is 0 Å². The summed E-state index contributed by atoms with van der Waals surface area (Å²) in [6.45, 7) is 0. The molecule has 0 amide bonds. The summed E-state index contributed by atoms with van der Waals surface area (Å²) in [6, 6.07) is 10.6. The van der Waals surface area contributed by atoms with E-state index in [-0.39, 0.29) is 5.78 Å². The fourth-order valence-corrected chi connectivity index (χ4v) is 1.89. The molecule has 0 N–H and O–H groups in total. The molecule has 0 aliphatic heterocycles. The standard InChI is InChI=1S/C13H10BrNO2/c1-17-10-5-2-4-9(8-10)13(16)12-11(14)6-3-7-15-12/h2-8H,1H3. The second-order valence-electron chi connectivity index (χ2n) is 3.39. The van der Waals surface area contributed by atoms with E-state index >= 15 is 0 Å². The molecule has 2 aromatic rings. The average Bonchev–Trinajstić information content (AvgIpc) is 2.38. The van der Waals surface area contributed by atoms with E-state index < -0.39 is 0 Å². The molecule has 17 heavy (non-hydrogen) atoms. The third-order valence-electron chi connectivity index (χ3n) is 2.31. The SMILES string of the molecule is COc1cccc(C(=O)c2ncccc2Br)c1. The van der Waals surface area contributed by atoms with Gasteiger partial charge in [-0.2, -0.15) is 0 Å². The van der Waals surface area contributed by atoms with Crippen LogP contribution in [0.4, 0.5) is 0 Å². The zero-order valence-electron chi connectivity index (χ0n) is 9.18. The van der Waals surface area contributed by atoms with Crippen LogP contribution < -0.4 is 4.74 Å². The topological polar surface area (TPSA) is 39.2 Å². The maximum Gasteiger partial charge on any atom is 0.212 e. The monoisotopic (exact) mass is 291 g/mol. The van der Waals surface area contributed by atoms with E-state index in [9.17, 15) is 4.79 Å². The van der Waals surface area contributed by atoms with Crippen LogP contribution in [0.15, 0.2) is 47.1 Å². The molecule has 1 aromatic heterocycles. The smallest absolute Gasteiger partial charge is 0.212 e. The van der Waals surface area contributed by atoms with Crippen molar-refractivity contribution >= 4 is 21.7 Å². The summed E-state index contributed by atoms with van der Waals surface area (Å²) in [6.07, 6.45) is 1.60. The number of halogens is 1. The molecule has 1 heterocycles. The van der Waals surface area contributed by atoms with Crippen molar-refractivity contribution in [3.8, 4) is 5.75 Å². The molecule has 0 radical (unpaired) electrons. The normalized spacial score (nSPS) is 10.0. The molecule has 0 atom stereocenters. The number of methoxy groups -OCH3 is 1. The summed E-state index contributed by atoms with van der Waals surface area (Å²) in [4.78, 5) is 16.3. The zero-order valence-corrected chi connectivity index (χ0v) is 10.8. The molecular weight excluding hydrogens is 282 g/mol. The molecule has 0 saturated heterocycles. The second-order valence-corrected chi connectivity index (χ2v) is 4.25. The first-order valence-electron chi connectivity index (χ1n) is 5.01. The number of rotatable bonds is 3. The van der Waals surface area contributed by atoms with Gasteiger partial charge in [-0.05, 0) is 40.2 Å². The van der Waals surface area contributed by atoms with Crippen molar-refractivity contribution in [1.82, 2.24) is 4.98 Å². The van der Waals surface area contributed by atoms with Crippen LogP contribution in [0.25, 0.3) is 0 Å². The fraction of sp³-hybridized carbons (Fsp3) is 0.0769. The molecule has 0 aliphatic rings. The van der Waals surface area contributed by atoms with Crippen LogP contribution in [0, 0.1) is 0 Å². The lowest BCUT2D eigenvalue weighted by Crippen LogP contribution is -2.05. The summed E-state index contributed by atoms with van der Waals surface area (Å²) in [5.41, 5.74) is 0.963. The molecule has 0 fully saturated rings. The van der Waals surface area contributed by atoms with Crippen LogP contribution in [0.3, 0.4) is 0 Å². The third-order valence-corrected chi connectivity index (χ3v) is 2.95. The summed E-state index contributed by atoms with van der Waals surface area (Å²) in [5.74, 6) is 0.527. The molecular formula is C13H10BrNO2. The van der Waals surface area contributed by atoms with E-state index in [1.807, 2.05) is 0 Å². The van der Waals surface area contributed by atoms with Gasteiger partial charge >= 0.3 is 0 Å². The van der Waals surface area contributed by atoms with Crippen LogP contribution in [0.5, 0.6) is 5.75 Å². The van der Waals surface area contributed by atoms with Gasteiger partial charge in [0.15, 0.2) is 0 Å². The van der Waals surface area contributed by atoms with Crippen molar-refractivity contribution in [2.45, 2.75) is 0 Å². The summed E-state index contributed by atoms with van der Waals surface area (Å²) >= 11 is 3.32. The van der Waals surface area contributed by atoms with Crippen molar-refractivity contribution in [2.24, 2.45) is 0 Å². The highest BCUT2D eigenvalue weighted by molar-refractivity contribution is 9.10. The van der Waals surface area contributed by atoms with Gasteiger partial charge in [-0.3, -0.25) is 9.78 Å². The summed E-state index contributed by atoms with van der Waals surface area (Å²) in [5, 5.41) is 0. The van der Waals surface area contributed by atoms with Gasteiger partial charge < -0.3 is 4.74 Å². The van der Waals surface area contributed by atoms with E-state index in [1.165, 1.54) is 0 Å². The van der Waals surface area contributed by atoms with Gasteiger partial charge in [0.05, 0.1) is 7.11 Å². The number of carbonyl (C=O) groups excluding carboxylic acids is 1. The Labute approximate surface area is 108 Å². The minimum Gasteiger partial charge on any atom is -0.497 e. The van der Waals surface area contributed by atoms with Crippen LogP contribution >= 0.6 is 15.9 Å². The minimum absolute atomic E-state index is 0.128. The van der Waals surface area contributed by atoms with Crippen LogP contribution in [0.1, 0.15) is 16.1 Å². The Morgan fingerprint density at radius 1 is 1.29 bits per heavy atom. The van der Waals surface area contributed by atoms with Gasteiger partial charge in [0.25, 0.3) is 0 Å². The van der Waals surface area contributed by atoms with Crippen LogP contribution in [0.2, 0.25) is 0 Å². The first-order valence-corrected chi connectivity index (χ1v) is 5.81. The van der Waals surface area contributed by atoms with Gasteiger partial charge in [0, 0.05) is 16.2 Å². The number of aromatic nitrogens is 1. The number of pyridine rings is 1. The van der Waals surface area contributed by atoms with Crippen LogP contribution in [-0.4, -0.2) is 17.9 Å². The van der Waals surface area contributed by atoms with E-state index in [0.717, 1.165) is 0 Å². The summed E-state index contributed by atoms with van der Waals surface area (Å²) < 4.78 is 5.77. The van der Waals surface area contributed by atoms with Gasteiger partial charge in [0.2, 0.25) is 5.78 Å². The number of nitrogens with zero attached hydrogens (tertiary/aromatic N) is 1. The van der Waals surface area contributed by atoms with Crippen molar-refractivity contribution in [3.05, 3.63) is 58.3 Å². The molecule has 0 aliphatic carbocycles. The maximum atomic E-state index is 12.2. The van der Waals surface area contributed by atoms with Crippen LogP contribution in [-0.2, 0) is 0 Å². The third kappa shape index (κ3) is 2.53.